The van der Waals surface area contributed by atoms with E-state index in [2.05, 4.69) is 27.7 Å². The minimum atomic E-state index is -0.125. The lowest BCUT2D eigenvalue weighted by molar-refractivity contribution is -0.0305. The monoisotopic (exact) mass is 304 g/mol. The zero-order valence-electron chi connectivity index (χ0n) is 14.9. The van der Waals surface area contributed by atoms with Gasteiger partial charge in [-0.1, -0.05) is 66.2 Å². The van der Waals surface area contributed by atoms with Crippen LogP contribution in [0.1, 0.15) is 91.9 Å². The van der Waals surface area contributed by atoms with E-state index in [1.54, 1.807) is 0 Å². The number of aliphatic hydroxyl groups excluding tert-OH is 2. The highest BCUT2D eigenvalue weighted by atomic mass is 16.5. The molecular formula is C18H40O3. The minimum absolute atomic E-state index is 0.125. The van der Waals surface area contributed by atoms with E-state index >= 15 is 0 Å². The van der Waals surface area contributed by atoms with Gasteiger partial charge in [0.1, 0.15) is 0 Å². The Balaban J connectivity index is 0. The molecule has 0 fully saturated rings. The van der Waals surface area contributed by atoms with Crippen molar-refractivity contribution in [3.8, 4) is 0 Å². The van der Waals surface area contributed by atoms with E-state index in [-0.39, 0.29) is 13.2 Å². The molecule has 0 aliphatic rings. The van der Waals surface area contributed by atoms with Gasteiger partial charge in [-0.25, -0.2) is 0 Å². The van der Waals surface area contributed by atoms with Crippen molar-refractivity contribution in [2.75, 3.05) is 13.2 Å². The van der Waals surface area contributed by atoms with Crippen LogP contribution in [0.3, 0.4) is 0 Å². The first kappa shape index (κ1) is 23.2. The number of rotatable bonds is 13. The van der Waals surface area contributed by atoms with Gasteiger partial charge in [-0.2, -0.15) is 0 Å². The SMILES string of the molecule is CCCCC(CCC)OC(CCC)CCCC.OCCO. The second kappa shape index (κ2) is 19.9. The molecule has 0 saturated carbocycles. The number of unbranched alkanes of at least 4 members (excludes halogenated alkanes) is 2. The molecule has 2 N–H and O–H groups in total. The van der Waals surface area contributed by atoms with Crippen molar-refractivity contribution >= 4 is 0 Å². The van der Waals surface area contributed by atoms with Crippen LogP contribution in [0.5, 0.6) is 0 Å². The highest BCUT2D eigenvalue weighted by Crippen LogP contribution is 2.19. The van der Waals surface area contributed by atoms with Crippen LogP contribution in [0, 0.1) is 0 Å². The van der Waals surface area contributed by atoms with Crippen LogP contribution in [0.4, 0.5) is 0 Å². The second-order valence-corrected chi connectivity index (χ2v) is 5.69. The fourth-order valence-corrected chi connectivity index (χ4v) is 2.34. The van der Waals surface area contributed by atoms with Gasteiger partial charge in [0.2, 0.25) is 0 Å². The third-order valence-corrected chi connectivity index (χ3v) is 3.47. The lowest BCUT2D eigenvalue weighted by Crippen LogP contribution is -2.22. The smallest absolute Gasteiger partial charge is 0.0662 e. The first-order chi connectivity index (χ1) is 10.2. The lowest BCUT2D eigenvalue weighted by atomic mass is 10.0. The zero-order valence-corrected chi connectivity index (χ0v) is 14.9. The summed E-state index contributed by atoms with van der Waals surface area (Å²) >= 11 is 0. The van der Waals surface area contributed by atoms with Gasteiger partial charge in [0.05, 0.1) is 25.4 Å². The summed E-state index contributed by atoms with van der Waals surface area (Å²) in [5.41, 5.74) is 0. The molecular weight excluding hydrogens is 264 g/mol. The Morgan fingerprint density at radius 1 is 0.619 bits per heavy atom. The zero-order chi connectivity index (χ0) is 16.3. The summed E-state index contributed by atoms with van der Waals surface area (Å²) in [6.07, 6.45) is 13.8. The van der Waals surface area contributed by atoms with E-state index < -0.39 is 0 Å². The van der Waals surface area contributed by atoms with Gasteiger partial charge in [0, 0.05) is 0 Å². The molecule has 3 nitrogen and oxygen atoms in total. The lowest BCUT2D eigenvalue weighted by Gasteiger charge is -2.24. The van der Waals surface area contributed by atoms with E-state index in [0.717, 1.165) is 0 Å². The van der Waals surface area contributed by atoms with E-state index in [9.17, 15) is 0 Å². The molecule has 0 heterocycles. The van der Waals surface area contributed by atoms with Crippen LogP contribution >= 0.6 is 0 Å². The summed E-state index contributed by atoms with van der Waals surface area (Å²) in [5.74, 6) is 0. The van der Waals surface area contributed by atoms with Crippen LogP contribution in [0.25, 0.3) is 0 Å². The third kappa shape index (κ3) is 17.8. The maximum atomic E-state index is 7.62. The summed E-state index contributed by atoms with van der Waals surface area (Å²) in [6.45, 7) is 8.82. The Labute approximate surface area is 133 Å². The van der Waals surface area contributed by atoms with Gasteiger partial charge in [-0.15, -0.1) is 0 Å². The molecule has 2 unspecified atom stereocenters. The summed E-state index contributed by atoms with van der Waals surface area (Å²) in [4.78, 5) is 0. The first-order valence-electron chi connectivity index (χ1n) is 9.07. The largest absolute Gasteiger partial charge is 0.394 e. The summed E-state index contributed by atoms with van der Waals surface area (Å²) in [5, 5.41) is 15.2. The predicted molar refractivity (Wildman–Crippen MR) is 91.7 cm³/mol. The molecule has 2 atom stereocenters. The quantitative estimate of drug-likeness (QED) is 0.519. The van der Waals surface area contributed by atoms with Gasteiger partial charge >= 0.3 is 0 Å². The average Bonchev–Trinajstić information content (AvgIpc) is 2.50. The normalized spacial score (nSPS) is 13.4. The number of hydrogen-bond donors (Lipinski definition) is 2. The van der Waals surface area contributed by atoms with E-state index in [0.29, 0.717) is 12.2 Å². The Bertz CT molecular complexity index is 156. The first-order valence-corrected chi connectivity index (χ1v) is 9.07. The van der Waals surface area contributed by atoms with Gasteiger partial charge in [-0.3, -0.25) is 0 Å². The van der Waals surface area contributed by atoms with Gasteiger partial charge in [-0.05, 0) is 25.7 Å². The molecule has 0 saturated heterocycles. The van der Waals surface area contributed by atoms with Crippen molar-refractivity contribution in [3.05, 3.63) is 0 Å². The Morgan fingerprint density at radius 2 is 1.00 bits per heavy atom. The third-order valence-electron chi connectivity index (χ3n) is 3.47. The van der Waals surface area contributed by atoms with E-state index in [1.807, 2.05) is 0 Å². The maximum absolute atomic E-state index is 7.62. The Hall–Kier alpha value is -0.120. The van der Waals surface area contributed by atoms with Crippen molar-refractivity contribution in [3.63, 3.8) is 0 Å². The van der Waals surface area contributed by atoms with Crippen LogP contribution in [-0.4, -0.2) is 35.6 Å². The van der Waals surface area contributed by atoms with Gasteiger partial charge < -0.3 is 14.9 Å². The summed E-state index contributed by atoms with van der Waals surface area (Å²) in [6, 6.07) is 0. The highest BCUT2D eigenvalue weighted by Gasteiger charge is 2.14. The second-order valence-electron chi connectivity index (χ2n) is 5.69. The van der Waals surface area contributed by atoms with E-state index in [1.165, 1.54) is 64.2 Å². The molecule has 21 heavy (non-hydrogen) atoms. The van der Waals surface area contributed by atoms with Crippen LogP contribution in [0.15, 0.2) is 0 Å². The molecule has 130 valence electrons. The van der Waals surface area contributed by atoms with Crippen molar-refractivity contribution in [1.82, 2.24) is 0 Å². The summed E-state index contributed by atoms with van der Waals surface area (Å²) < 4.78 is 6.34. The molecule has 0 aromatic carbocycles. The molecule has 3 heteroatoms. The topological polar surface area (TPSA) is 49.7 Å². The van der Waals surface area contributed by atoms with Crippen molar-refractivity contribution in [2.45, 2.75) is 104 Å². The number of hydrogen-bond acceptors (Lipinski definition) is 3. The van der Waals surface area contributed by atoms with Gasteiger partial charge in [0.15, 0.2) is 0 Å². The molecule has 0 spiro atoms. The molecule has 0 radical (unpaired) electrons. The highest BCUT2D eigenvalue weighted by molar-refractivity contribution is 4.64. The van der Waals surface area contributed by atoms with Crippen molar-refractivity contribution in [2.24, 2.45) is 0 Å². The molecule has 0 amide bonds. The molecule has 0 aliphatic carbocycles. The van der Waals surface area contributed by atoms with Crippen LogP contribution in [-0.2, 0) is 4.74 Å². The fraction of sp³-hybridized carbons (Fsp3) is 1.00. The fourth-order valence-electron chi connectivity index (χ4n) is 2.34. The van der Waals surface area contributed by atoms with Gasteiger partial charge in [0.25, 0.3) is 0 Å². The van der Waals surface area contributed by atoms with Crippen molar-refractivity contribution in [1.29, 1.82) is 0 Å². The molecule has 0 rings (SSSR count). The summed E-state index contributed by atoms with van der Waals surface area (Å²) in [7, 11) is 0. The number of aliphatic hydroxyl groups is 2. The molecule has 0 aromatic rings. The Morgan fingerprint density at radius 3 is 1.24 bits per heavy atom. The Kier molecular flexibility index (Phi) is 21.9. The minimum Gasteiger partial charge on any atom is -0.394 e. The van der Waals surface area contributed by atoms with Crippen LogP contribution in [0.2, 0.25) is 0 Å². The van der Waals surface area contributed by atoms with Crippen molar-refractivity contribution < 1.29 is 14.9 Å². The van der Waals surface area contributed by atoms with Crippen LogP contribution < -0.4 is 0 Å². The molecule has 0 aliphatic heterocycles. The standard InChI is InChI=1S/C16H34O.C2H6O2/c1-5-9-13-15(11-7-3)17-16(12-8-4)14-10-6-2;3-1-2-4/h15-16H,5-14H2,1-4H3;3-4H,1-2H2. The number of ether oxygens (including phenoxy) is 1. The van der Waals surface area contributed by atoms with E-state index in [4.69, 9.17) is 14.9 Å². The predicted octanol–water partition coefficient (Wildman–Crippen LogP) is 4.69. The maximum Gasteiger partial charge on any atom is 0.0662 e. The average molecular weight is 305 g/mol. The molecule has 0 bridgehead atoms. The molecule has 0 aromatic heterocycles.